The summed E-state index contributed by atoms with van der Waals surface area (Å²) in [6.07, 6.45) is 1.70. The van der Waals surface area contributed by atoms with Gasteiger partial charge in [-0.2, -0.15) is 0 Å². The van der Waals surface area contributed by atoms with Crippen molar-refractivity contribution in [2.45, 2.75) is 27.3 Å². The molecule has 0 bridgehead atoms. The monoisotopic (exact) mass is 299 g/mol. The number of aromatic nitrogens is 2. The zero-order chi connectivity index (χ0) is 16.5. The topological polar surface area (TPSA) is 63.8 Å². The van der Waals surface area contributed by atoms with E-state index in [9.17, 15) is 4.79 Å². The van der Waals surface area contributed by atoms with Gasteiger partial charge in [0.1, 0.15) is 0 Å². The van der Waals surface area contributed by atoms with Gasteiger partial charge in [0.05, 0.1) is 10.9 Å². The predicted molar refractivity (Wildman–Crippen MR) is 94.3 cm³/mol. The maximum atomic E-state index is 11.7. The van der Waals surface area contributed by atoms with E-state index in [1.807, 2.05) is 51.1 Å². The lowest BCUT2D eigenvalue weighted by Gasteiger charge is -2.08. The molecule has 0 aliphatic heterocycles. The molecular formula is C18H25N3O. The van der Waals surface area contributed by atoms with Gasteiger partial charge in [-0.3, -0.25) is 4.79 Å². The first-order valence-electron chi connectivity index (χ1n) is 7.55. The van der Waals surface area contributed by atoms with E-state index < -0.39 is 0 Å². The molecule has 0 atom stereocenters. The Morgan fingerprint density at radius 1 is 1.09 bits per heavy atom. The van der Waals surface area contributed by atoms with Crippen molar-refractivity contribution >= 4 is 10.9 Å². The van der Waals surface area contributed by atoms with E-state index in [2.05, 4.69) is 27.4 Å². The van der Waals surface area contributed by atoms with Gasteiger partial charge in [-0.25, -0.2) is 0 Å². The van der Waals surface area contributed by atoms with E-state index in [0.717, 1.165) is 23.1 Å². The third-order valence-corrected chi connectivity index (χ3v) is 3.23. The fourth-order valence-corrected chi connectivity index (χ4v) is 2.31. The molecule has 2 heterocycles. The van der Waals surface area contributed by atoms with Crippen LogP contribution in [0.4, 0.5) is 0 Å². The number of benzene rings is 1. The third kappa shape index (κ3) is 3.86. The smallest absolute Gasteiger partial charge is 0.257 e. The van der Waals surface area contributed by atoms with E-state index in [-0.39, 0.29) is 5.56 Å². The number of aryl methyl sites for hydroxylation is 1. The Kier molecular flexibility index (Phi) is 7.13. The van der Waals surface area contributed by atoms with Crippen molar-refractivity contribution < 1.29 is 0 Å². The van der Waals surface area contributed by atoms with Crippen LogP contribution in [0.3, 0.4) is 0 Å². The second kappa shape index (κ2) is 8.85. The number of rotatable bonds is 2. The van der Waals surface area contributed by atoms with E-state index >= 15 is 0 Å². The van der Waals surface area contributed by atoms with Crippen LogP contribution in [0.15, 0.2) is 53.5 Å². The first kappa shape index (κ1) is 17.7. The molecule has 3 N–H and O–H groups in total. The highest BCUT2D eigenvalue weighted by molar-refractivity contribution is 5.80. The Morgan fingerprint density at radius 3 is 2.36 bits per heavy atom. The number of fused-ring (bicyclic) bond motifs is 1. The van der Waals surface area contributed by atoms with Gasteiger partial charge in [-0.15, -0.1) is 0 Å². The van der Waals surface area contributed by atoms with Crippen LogP contribution < -0.4 is 11.3 Å². The van der Waals surface area contributed by atoms with Gasteiger partial charge >= 0.3 is 0 Å². The molecule has 0 fully saturated rings. The molecule has 0 spiro atoms. The summed E-state index contributed by atoms with van der Waals surface area (Å²) in [4.78, 5) is 14.4. The molecule has 0 radical (unpaired) electrons. The van der Waals surface area contributed by atoms with Crippen LogP contribution in [0.1, 0.15) is 25.1 Å². The van der Waals surface area contributed by atoms with Gasteiger partial charge in [0.15, 0.2) is 0 Å². The van der Waals surface area contributed by atoms with Crippen LogP contribution in [0.2, 0.25) is 0 Å². The highest BCUT2D eigenvalue weighted by Gasteiger charge is 2.08. The fourth-order valence-electron chi connectivity index (χ4n) is 2.31. The van der Waals surface area contributed by atoms with Gasteiger partial charge in [0.2, 0.25) is 0 Å². The minimum atomic E-state index is -0.0255. The molecule has 0 saturated heterocycles. The zero-order valence-corrected chi connectivity index (χ0v) is 13.8. The minimum Gasteiger partial charge on any atom is -0.340 e. The summed E-state index contributed by atoms with van der Waals surface area (Å²) in [6.45, 7) is 6.82. The Balaban J connectivity index is 0.000000561. The summed E-state index contributed by atoms with van der Waals surface area (Å²) in [5.41, 5.74) is 7.80. The lowest BCUT2D eigenvalue weighted by molar-refractivity contribution is 0.804. The number of hydrogen-bond donors (Lipinski definition) is 2. The summed E-state index contributed by atoms with van der Waals surface area (Å²) in [6, 6.07) is 14.2. The fraction of sp³-hybridized carbons (Fsp3) is 0.278. The molecule has 1 aromatic carbocycles. The molecule has 4 nitrogen and oxygen atoms in total. The summed E-state index contributed by atoms with van der Waals surface area (Å²) in [5.74, 6) is 0. The van der Waals surface area contributed by atoms with Crippen LogP contribution >= 0.6 is 0 Å². The highest BCUT2D eigenvalue weighted by Crippen LogP contribution is 2.17. The minimum absolute atomic E-state index is 0.0255. The maximum Gasteiger partial charge on any atom is 0.257 e. The molecule has 0 aliphatic carbocycles. The molecular weight excluding hydrogens is 274 g/mol. The molecule has 4 heteroatoms. The first-order chi connectivity index (χ1) is 10.8. The second-order valence-electron chi connectivity index (χ2n) is 4.46. The summed E-state index contributed by atoms with van der Waals surface area (Å²) in [5, 5.41) is 0.755. The van der Waals surface area contributed by atoms with Crippen molar-refractivity contribution in [1.29, 1.82) is 0 Å². The number of nitrogens with zero attached hydrogens (tertiary/aromatic N) is 1. The van der Waals surface area contributed by atoms with Crippen molar-refractivity contribution in [3.63, 3.8) is 0 Å². The van der Waals surface area contributed by atoms with Crippen molar-refractivity contribution in [2.24, 2.45) is 5.73 Å². The van der Waals surface area contributed by atoms with Crippen molar-refractivity contribution in [3.05, 3.63) is 70.3 Å². The average molecular weight is 299 g/mol. The number of pyridine rings is 1. The second-order valence-corrected chi connectivity index (χ2v) is 4.46. The van der Waals surface area contributed by atoms with Gasteiger partial charge < -0.3 is 15.3 Å². The SMILES string of the molecule is CC.CN.Cc1cc2c(=O)[nH]ccc2n1Cc1ccccc1. The Labute approximate surface area is 131 Å². The maximum absolute atomic E-state index is 11.7. The van der Waals surface area contributed by atoms with Crippen molar-refractivity contribution in [3.8, 4) is 0 Å². The lowest BCUT2D eigenvalue weighted by atomic mass is 10.2. The third-order valence-electron chi connectivity index (χ3n) is 3.23. The van der Waals surface area contributed by atoms with Crippen LogP contribution in [0.25, 0.3) is 10.9 Å². The van der Waals surface area contributed by atoms with E-state index in [1.54, 1.807) is 6.20 Å². The summed E-state index contributed by atoms with van der Waals surface area (Å²) < 4.78 is 2.17. The first-order valence-corrected chi connectivity index (χ1v) is 7.55. The number of aromatic amines is 1. The number of hydrogen-bond acceptors (Lipinski definition) is 2. The molecule has 3 rings (SSSR count). The quantitative estimate of drug-likeness (QED) is 0.762. The van der Waals surface area contributed by atoms with Crippen molar-refractivity contribution in [2.75, 3.05) is 7.05 Å². The van der Waals surface area contributed by atoms with Gasteiger partial charge in [0.25, 0.3) is 5.56 Å². The average Bonchev–Trinajstić information content (AvgIpc) is 2.90. The Morgan fingerprint density at radius 2 is 1.73 bits per heavy atom. The number of H-pyrrole nitrogens is 1. The summed E-state index contributed by atoms with van der Waals surface area (Å²) >= 11 is 0. The molecule has 0 aliphatic rings. The van der Waals surface area contributed by atoms with E-state index in [4.69, 9.17) is 0 Å². The number of nitrogens with one attached hydrogen (secondary N) is 1. The van der Waals surface area contributed by atoms with Crippen molar-refractivity contribution in [1.82, 2.24) is 9.55 Å². The molecule has 3 aromatic rings. The normalized spacial score (nSPS) is 9.50. The Bertz CT molecular complexity index is 742. The molecule has 118 valence electrons. The van der Waals surface area contributed by atoms with Gasteiger partial charge in [-0.1, -0.05) is 44.2 Å². The molecule has 22 heavy (non-hydrogen) atoms. The van der Waals surface area contributed by atoms with E-state index in [0.29, 0.717) is 0 Å². The lowest BCUT2D eigenvalue weighted by Crippen LogP contribution is -2.05. The molecule has 2 aromatic heterocycles. The van der Waals surface area contributed by atoms with E-state index in [1.165, 1.54) is 12.6 Å². The summed E-state index contributed by atoms with van der Waals surface area (Å²) in [7, 11) is 1.50. The molecule has 0 amide bonds. The predicted octanol–water partition coefficient (Wildman–Crippen LogP) is 3.29. The van der Waals surface area contributed by atoms with Crippen LogP contribution in [-0.2, 0) is 6.54 Å². The highest BCUT2D eigenvalue weighted by atomic mass is 16.1. The molecule has 0 saturated carbocycles. The number of nitrogens with two attached hydrogens (primary N) is 1. The van der Waals surface area contributed by atoms with Crippen LogP contribution in [0, 0.1) is 6.92 Å². The van der Waals surface area contributed by atoms with Crippen LogP contribution in [0.5, 0.6) is 0 Å². The van der Waals surface area contributed by atoms with Gasteiger partial charge in [0, 0.05) is 18.4 Å². The zero-order valence-electron chi connectivity index (χ0n) is 13.8. The molecule has 0 unspecified atom stereocenters. The Hall–Kier alpha value is -2.33. The van der Waals surface area contributed by atoms with Crippen LogP contribution in [-0.4, -0.2) is 16.6 Å². The largest absolute Gasteiger partial charge is 0.340 e. The van der Waals surface area contributed by atoms with Gasteiger partial charge in [-0.05, 0) is 31.7 Å². The standard InChI is InChI=1S/C15H14N2O.C2H6.CH5N/c1-11-9-13-14(7-8-16-15(13)18)17(11)10-12-5-3-2-4-6-12;2*1-2/h2-9H,10H2,1H3,(H,16,18);1-2H3;2H2,1H3.